The first-order valence-corrected chi connectivity index (χ1v) is 16.5. The molecule has 0 aliphatic rings. The molecule has 6 aromatic rings. The number of aromatic nitrogens is 4. The molecule has 0 fully saturated rings. The quantitative estimate of drug-likeness (QED) is 0.0873. The van der Waals surface area contributed by atoms with Crippen molar-refractivity contribution in [1.82, 2.24) is 19.6 Å². The van der Waals surface area contributed by atoms with Gasteiger partial charge in [-0.25, -0.2) is 9.36 Å². The van der Waals surface area contributed by atoms with Crippen LogP contribution < -0.4 is 11.1 Å². The fraction of sp³-hybridized carbons (Fsp3) is 0.200. The van der Waals surface area contributed by atoms with Crippen LogP contribution in [0.15, 0.2) is 131 Å². The minimum Gasteiger partial charge on any atom is -0.294 e. The molecule has 0 amide bonds. The Morgan fingerprint density at radius 1 is 0.438 bits per heavy atom. The maximum atomic E-state index is 13.4. The van der Waals surface area contributed by atoms with Crippen molar-refractivity contribution < 1.29 is 9.59 Å². The third-order valence-electron chi connectivity index (χ3n) is 8.55. The molecule has 0 unspecified atom stereocenters. The highest BCUT2D eigenvalue weighted by Crippen LogP contribution is 2.24. The van der Waals surface area contributed by atoms with Crippen LogP contribution in [0.25, 0.3) is 33.9 Å². The van der Waals surface area contributed by atoms with Crippen molar-refractivity contribution in [2.24, 2.45) is 0 Å². The van der Waals surface area contributed by atoms with Gasteiger partial charge in [-0.2, -0.15) is 0 Å². The summed E-state index contributed by atoms with van der Waals surface area (Å²) in [6.45, 7) is 0. The van der Waals surface area contributed by atoms with Gasteiger partial charge in [-0.1, -0.05) is 123 Å². The van der Waals surface area contributed by atoms with E-state index in [1.807, 2.05) is 121 Å². The van der Waals surface area contributed by atoms with Crippen LogP contribution in [0.5, 0.6) is 0 Å². The first kappa shape index (κ1) is 32.2. The number of nitrogens with zero attached hydrogens (tertiary/aromatic N) is 2. The molecule has 0 aliphatic heterocycles. The molecule has 8 heteroatoms. The maximum absolute atomic E-state index is 13.4. The van der Waals surface area contributed by atoms with E-state index in [4.69, 9.17) is 0 Å². The van der Waals surface area contributed by atoms with E-state index in [-0.39, 0.29) is 46.7 Å². The lowest BCUT2D eigenvalue weighted by Crippen LogP contribution is -2.20. The highest BCUT2D eigenvalue weighted by Gasteiger charge is 2.24. The molecule has 0 atom stereocenters. The number of unbranched alkanes of at least 4 members (excludes halogenated alkanes) is 5. The molecule has 6 rings (SSSR count). The van der Waals surface area contributed by atoms with E-state index in [9.17, 15) is 19.2 Å². The van der Waals surface area contributed by atoms with Crippen molar-refractivity contribution in [3.63, 3.8) is 0 Å². The van der Waals surface area contributed by atoms with E-state index < -0.39 is 0 Å². The molecular weight excluding hydrogens is 600 g/mol. The lowest BCUT2D eigenvalue weighted by molar-refractivity contribution is 0.0969. The number of nitrogens with one attached hydrogen (secondary N) is 2. The number of aromatic amines is 2. The zero-order chi connectivity index (χ0) is 33.3. The molecule has 4 aromatic carbocycles. The predicted octanol–water partition coefficient (Wildman–Crippen LogP) is 8.17. The summed E-state index contributed by atoms with van der Waals surface area (Å²) in [6, 6.07) is 37.4. The monoisotopic (exact) mass is 638 g/mol. The van der Waals surface area contributed by atoms with Crippen LogP contribution in [0, 0.1) is 0 Å². The van der Waals surface area contributed by atoms with Gasteiger partial charge in [0.15, 0.2) is 11.6 Å². The van der Waals surface area contributed by atoms with E-state index >= 15 is 0 Å². The number of rotatable bonds is 15. The summed E-state index contributed by atoms with van der Waals surface area (Å²) in [6.07, 6.45) is 5.41. The molecule has 0 radical (unpaired) electrons. The Hall–Kier alpha value is -5.76. The SMILES string of the molecule is O=C(CCCCCCCCC(=O)c1c(-c2ccccc2)[nH]n(-c2ccccc2)c1=O)c1c(-c2ccccc2)[nH]n(-c2ccccc2)c1=O. The third kappa shape index (κ3) is 7.13. The van der Waals surface area contributed by atoms with Crippen LogP contribution in [-0.4, -0.2) is 31.1 Å². The molecule has 0 saturated heterocycles. The second-order valence-electron chi connectivity index (χ2n) is 11.9. The summed E-state index contributed by atoms with van der Waals surface area (Å²) >= 11 is 0. The minimum atomic E-state index is -0.344. The first-order valence-electron chi connectivity index (χ1n) is 16.5. The first-order chi connectivity index (χ1) is 23.5. The van der Waals surface area contributed by atoms with Crippen molar-refractivity contribution in [2.45, 2.75) is 51.4 Å². The molecule has 242 valence electrons. The van der Waals surface area contributed by atoms with E-state index in [0.717, 1.165) is 36.8 Å². The lowest BCUT2D eigenvalue weighted by Gasteiger charge is -2.04. The Bertz CT molecular complexity index is 1940. The number of ketones is 2. The van der Waals surface area contributed by atoms with E-state index in [2.05, 4.69) is 10.2 Å². The van der Waals surface area contributed by atoms with Crippen LogP contribution in [-0.2, 0) is 0 Å². The molecular formula is C40H38N4O4. The maximum Gasteiger partial charge on any atom is 0.282 e. The highest BCUT2D eigenvalue weighted by atomic mass is 16.2. The van der Waals surface area contributed by atoms with Crippen molar-refractivity contribution in [3.05, 3.63) is 153 Å². The Labute approximate surface area is 278 Å². The number of hydrogen-bond donors (Lipinski definition) is 2. The van der Waals surface area contributed by atoms with Gasteiger partial charge in [0.1, 0.15) is 11.1 Å². The fourth-order valence-corrected chi connectivity index (χ4v) is 6.07. The summed E-state index contributed by atoms with van der Waals surface area (Å²) < 4.78 is 2.87. The highest BCUT2D eigenvalue weighted by molar-refractivity contribution is 6.02. The van der Waals surface area contributed by atoms with Gasteiger partial charge in [-0.15, -0.1) is 0 Å². The van der Waals surface area contributed by atoms with Crippen molar-refractivity contribution in [3.8, 4) is 33.9 Å². The Kier molecular flexibility index (Phi) is 10.2. The van der Waals surface area contributed by atoms with Crippen LogP contribution in [0.1, 0.15) is 72.1 Å². The number of benzene rings is 4. The summed E-state index contributed by atoms with van der Waals surface area (Å²) in [5.41, 5.74) is 3.68. The van der Waals surface area contributed by atoms with Crippen molar-refractivity contribution in [2.75, 3.05) is 0 Å². The largest absolute Gasteiger partial charge is 0.294 e. The molecule has 8 nitrogen and oxygen atoms in total. The topological polar surface area (TPSA) is 110 Å². The number of Topliss-reactive ketones (excluding diaryl/α,β-unsaturated/α-hetero) is 2. The van der Waals surface area contributed by atoms with Gasteiger partial charge in [0.05, 0.1) is 22.8 Å². The molecule has 2 heterocycles. The molecule has 0 saturated carbocycles. The molecule has 0 bridgehead atoms. The summed E-state index contributed by atoms with van der Waals surface area (Å²) in [4.78, 5) is 53.6. The molecule has 0 spiro atoms. The van der Waals surface area contributed by atoms with E-state index in [1.54, 1.807) is 0 Å². The van der Waals surface area contributed by atoms with Gasteiger partial charge in [0.25, 0.3) is 11.1 Å². The summed E-state index contributed by atoms with van der Waals surface area (Å²) in [7, 11) is 0. The fourth-order valence-electron chi connectivity index (χ4n) is 6.07. The summed E-state index contributed by atoms with van der Waals surface area (Å²) in [5.74, 6) is -0.338. The van der Waals surface area contributed by atoms with Crippen LogP contribution in [0.4, 0.5) is 0 Å². The Morgan fingerprint density at radius 2 is 0.750 bits per heavy atom. The smallest absolute Gasteiger partial charge is 0.282 e. The zero-order valence-corrected chi connectivity index (χ0v) is 26.7. The zero-order valence-electron chi connectivity index (χ0n) is 26.7. The number of para-hydroxylation sites is 2. The van der Waals surface area contributed by atoms with Gasteiger partial charge in [0.2, 0.25) is 0 Å². The lowest BCUT2D eigenvalue weighted by atomic mass is 9.99. The second kappa shape index (κ2) is 15.2. The average molecular weight is 639 g/mol. The van der Waals surface area contributed by atoms with Crippen LogP contribution >= 0.6 is 0 Å². The average Bonchev–Trinajstić information content (AvgIpc) is 3.67. The second-order valence-corrected chi connectivity index (χ2v) is 11.9. The molecule has 2 aromatic heterocycles. The van der Waals surface area contributed by atoms with Gasteiger partial charge >= 0.3 is 0 Å². The van der Waals surface area contributed by atoms with E-state index in [1.165, 1.54) is 9.36 Å². The van der Waals surface area contributed by atoms with E-state index in [0.29, 0.717) is 35.6 Å². The van der Waals surface area contributed by atoms with Crippen LogP contribution in [0.3, 0.4) is 0 Å². The normalized spacial score (nSPS) is 11.1. The number of H-pyrrole nitrogens is 2. The Balaban J connectivity index is 1.03. The summed E-state index contributed by atoms with van der Waals surface area (Å²) in [5, 5.41) is 6.34. The van der Waals surface area contributed by atoms with Gasteiger partial charge < -0.3 is 0 Å². The Morgan fingerprint density at radius 3 is 1.10 bits per heavy atom. The molecule has 2 N–H and O–H groups in total. The van der Waals surface area contributed by atoms with Gasteiger partial charge in [-0.3, -0.25) is 29.4 Å². The number of hydrogen-bond acceptors (Lipinski definition) is 4. The van der Waals surface area contributed by atoms with Gasteiger partial charge in [0, 0.05) is 24.0 Å². The van der Waals surface area contributed by atoms with Crippen LogP contribution in [0.2, 0.25) is 0 Å². The molecule has 0 aliphatic carbocycles. The third-order valence-corrected chi connectivity index (χ3v) is 8.55. The minimum absolute atomic E-state index is 0.169. The molecule has 48 heavy (non-hydrogen) atoms. The van der Waals surface area contributed by atoms with Crippen molar-refractivity contribution in [1.29, 1.82) is 0 Å². The number of carbonyl (C=O) groups is 2. The van der Waals surface area contributed by atoms with Crippen molar-refractivity contribution >= 4 is 11.6 Å². The number of carbonyl (C=O) groups excluding carboxylic acids is 2. The van der Waals surface area contributed by atoms with Gasteiger partial charge in [-0.05, 0) is 37.1 Å². The standard InChI is InChI=1S/C40H38N4O4/c45-33(35-37(29-19-9-5-10-20-29)41-43(39(35)47)31-23-13-7-14-24-31)27-17-3-1-2-4-18-28-34(46)36-38(30-21-11-6-12-22-30)42-44(40(36)48)32-25-15-8-16-26-32/h5-16,19-26,41-42H,1-4,17-18,27-28H2. The predicted molar refractivity (Wildman–Crippen MR) is 189 cm³/mol.